The number of carbonyl (C=O) groups is 1. The molecular formula is C23H39FIN5O2. The van der Waals surface area contributed by atoms with E-state index in [0.29, 0.717) is 37.9 Å². The van der Waals surface area contributed by atoms with Crippen LogP contribution >= 0.6 is 24.0 Å². The first-order valence-electron chi connectivity index (χ1n) is 11.3. The number of nitrogens with zero attached hydrogens (tertiary/aromatic N) is 3. The third-order valence-electron chi connectivity index (χ3n) is 5.52. The number of benzene rings is 1. The van der Waals surface area contributed by atoms with Crippen LogP contribution in [0.3, 0.4) is 0 Å². The van der Waals surface area contributed by atoms with Gasteiger partial charge >= 0.3 is 0 Å². The molecule has 9 heteroatoms. The van der Waals surface area contributed by atoms with E-state index in [0.717, 1.165) is 38.3 Å². The number of guanidine groups is 1. The Hall–Kier alpha value is -1.62. The number of piperazine rings is 1. The summed E-state index contributed by atoms with van der Waals surface area (Å²) in [5.74, 6) is 1.08. The zero-order chi connectivity index (χ0) is 22.6. The van der Waals surface area contributed by atoms with E-state index in [1.54, 1.807) is 19.2 Å². The fourth-order valence-electron chi connectivity index (χ4n) is 3.69. The number of hydrogen-bond acceptors (Lipinski definition) is 4. The number of carbonyl (C=O) groups excluding carboxylic acids is 1. The van der Waals surface area contributed by atoms with Crippen LogP contribution in [0.1, 0.15) is 33.6 Å². The van der Waals surface area contributed by atoms with Gasteiger partial charge in [0.25, 0.3) is 0 Å². The van der Waals surface area contributed by atoms with Crippen molar-refractivity contribution in [2.45, 2.75) is 39.7 Å². The molecule has 1 fully saturated rings. The number of rotatable bonds is 10. The molecule has 0 bridgehead atoms. The van der Waals surface area contributed by atoms with Gasteiger partial charge in [-0.2, -0.15) is 0 Å². The molecule has 1 amide bonds. The average molecular weight is 564 g/mol. The van der Waals surface area contributed by atoms with Crippen LogP contribution in [0.15, 0.2) is 29.3 Å². The quantitative estimate of drug-likeness (QED) is 0.260. The molecule has 1 aliphatic rings. The number of nitrogens with one attached hydrogen (secondary N) is 2. The Kier molecular flexibility index (Phi) is 13.5. The molecule has 1 saturated heterocycles. The highest BCUT2D eigenvalue weighted by molar-refractivity contribution is 14.0. The molecule has 0 radical (unpaired) electrons. The largest absolute Gasteiger partial charge is 0.378 e. The highest BCUT2D eigenvalue weighted by atomic mass is 127. The Balaban J connectivity index is 0.00000512. The van der Waals surface area contributed by atoms with Gasteiger partial charge in [-0.15, -0.1) is 24.0 Å². The van der Waals surface area contributed by atoms with Crippen molar-refractivity contribution >= 4 is 41.5 Å². The van der Waals surface area contributed by atoms with Crippen molar-refractivity contribution in [3.63, 3.8) is 0 Å². The monoisotopic (exact) mass is 563 g/mol. The fraction of sp³-hybridized carbons (Fsp3) is 0.652. The zero-order valence-electron chi connectivity index (χ0n) is 19.8. The van der Waals surface area contributed by atoms with Crippen molar-refractivity contribution in [1.82, 2.24) is 15.5 Å². The van der Waals surface area contributed by atoms with E-state index in [2.05, 4.69) is 34.4 Å². The summed E-state index contributed by atoms with van der Waals surface area (Å²) < 4.78 is 18.9. The van der Waals surface area contributed by atoms with Gasteiger partial charge in [-0.3, -0.25) is 9.79 Å². The van der Waals surface area contributed by atoms with Crippen molar-refractivity contribution in [1.29, 1.82) is 0 Å². The molecule has 32 heavy (non-hydrogen) atoms. The van der Waals surface area contributed by atoms with E-state index in [-0.39, 0.29) is 41.8 Å². The average Bonchev–Trinajstić information content (AvgIpc) is 2.77. The normalized spacial score (nSPS) is 15.4. The van der Waals surface area contributed by atoms with Crippen molar-refractivity contribution in [3.05, 3.63) is 30.1 Å². The lowest BCUT2D eigenvalue weighted by Crippen LogP contribution is -2.49. The Morgan fingerprint density at radius 2 is 1.75 bits per heavy atom. The molecule has 1 unspecified atom stereocenters. The molecule has 1 atom stereocenters. The van der Waals surface area contributed by atoms with Crippen LogP contribution in [0.25, 0.3) is 0 Å². The van der Waals surface area contributed by atoms with Crippen LogP contribution in [0.2, 0.25) is 0 Å². The van der Waals surface area contributed by atoms with Crippen LogP contribution < -0.4 is 15.5 Å². The van der Waals surface area contributed by atoms with Crippen molar-refractivity contribution < 1.29 is 13.9 Å². The van der Waals surface area contributed by atoms with E-state index < -0.39 is 0 Å². The zero-order valence-corrected chi connectivity index (χ0v) is 22.1. The van der Waals surface area contributed by atoms with E-state index >= 15 is 0 Å². The van der Waals surface area contributed by atoms with Crippen LogP contribution in [0.4, 0.5) is 10.1 Å². The van der Waals surface area contributed by atoms with Crippen molar-refractivity contribution in [3.8, 4) is 0 Å². The molecule has 182 valence electrons. The topological polar surface area (TPSA) is 69.2 Å². The minimum atomic E-state index is -0.233. The van der Waals surface area contributed by atoms with Crippen LogP contribution in [0, 0.1) is 11.7 Å². The highest BCUT2D eigenvalue weighted by Gasteiger charge is 2.21. The van der Waals surface area contributed by atoms with Gasteiger partial charge < -0.3 is 25.2 Å². The lowest BCUT2D eigenvalue weighted by molar-refractivity contribution is -0.131. The second kappa shape index (κ2) is 15.3. The van der Waals surface area contributed by atoms with E-state index in [9.17, 15) is 9.18 Å². The predicted octanol–water partition coefficient (Wildman–Crippen LogP) is 3.10. The number of amides is 1. The van der Waals surface area contributed by atoms with Crippen molar-refractivity contribution in [2.75, 3.05) is 57.8 Å². The number of aliphatic imine (C=N–C) groups is 1. The van der Waals surface area contributed by atoms with Crippen molar-refractivity contribution in [2.24, 2.45) is 10.9 Å². The van der Waals surface area contributed by atoms with Gasteiger partial charge in [0.15, 0.2) is 5.96 Å². The molecule has 1 aromatic rings. The van der Waals surface area contributed by atoms with E-state index in [1.165, 1.54) is 12.1 Å². The maximum Gasteiger partial charge on any atom is 0.224 e. The maximum absolute atomic E-state index is 13.1. The second-order valence-electron chi connectivity index (χ2n) is 8.05. The Bertz CT molecular complexity index is 694. The van der Waals surface area contributed by atoms with Gasteiger partial charge in [0.05, 0.1) is 6.10 Å². The standard InChI is InChI=1S/C23H38FN5O2.HI/c1-5-31-21(18(2)3)10-12-26-23(25-4)27-13-11-22(30)29-16-14-28(15-17-29)20-8-6-19(24)7-9-20;/h6-9,18,21H,5,10-17H2,1-4H3,(H2,25,26,27);1H. The van der Waals surface area contributed by atoms with E-state index in [1.807, 2.05) is 11.8 Å². The summed E-state index contributed by atoms with van der Waals surface area (Å²) in [6, 6.07) is 6.51. The van der Waals surface area contributed by atoms with E-state index in [4.69, 9.17) is 4.74 Å². The minimum absolute atomic E-state index is 0. The van der Waals surface area contributed by atoms with Gasteiger partial charge in [0.2, 0.25) is 5.91 Å². The number of halogens is 2. The van der Waals surface area contributed by atoms with Gasteiger partial charge in [0.1, 0.15) is 5.82 Å². The molecule has 1 aromatic carbocycles. The van der Waals surface area contributed by atoms with Gasteiger partial charge in [-0.25, -0.2) is 4.39 Å². The number of anilines is 1. The third-order valence-corrected chi connectivity index (χ3v) is 5.52. The number of ether oxygens (including phenoxy) is 1. The van der Waals surface area contributed by atoms with Gasteiger partial charge in [0, 0.05) is 65.0 Å². The highest BCUT2D eigenvalue weighted by Crippen LogP contribution is 2.17. The lowest BCUT2D eigenvalue weighted by atomic mass is 10.0. The smallest absolute Gasteiger partial charge is 0.224 e. The number of hydrogen-bond donors (Lipinski definition) is 2. The first-order valence-corrected chi connectivity index (χ1v) is 11.3. The molecular weight excluding hydrogens is 524 g/mol. The lowest BCUT2D eigenvalue weighted by Gasteiger charge is -2.36. The molecule has 2 N–H and O–H groups in total. The molecule has 7 nitrogen and oxygen atoms in total. The summed E-state index contributed by atoms with van der Waals surface area (Å²) in [7, 11) is 1.73. The molecule has 0 aromatic heterocycles. The van der Waals surface area contributed by atoms with Gasteiger partial charge in [-0.05, 0) is 43.5 Å². The molecule has 0 saturated carbocycles. The predicted molar refractivity (Wildman–Crippen MR) is 139 cm³/mol. The Morgan fingerprint density at radius 3 is 2.31 bits per heavy atom. The SMILES string of the molecule is CCOC(CCNC(=NC)NCCC(=O)N1CCN(c2ccc(F)cc2)CC1)C(C)C.I. The first-order chi connectivity index (χ1) is 14.9. The summed E-state index contributed by atoms with van der Waals surface area (Å²) >= 11 is 0. The first kappa shape index (κ1) is 28.4. The minimum Gasteiger partial charge on any atom is -0.378 e. The molecule has 1 aliphatic heterocycles. The van der Waals surface area contributed by atoms with Crippen LogP contribution in [-0.4, -0.2) is 75.8 Å². The molecule has 2 rings (SSSR count). The third kappa shape index (κ3) is 9.48. The Morgan fingerprint density at radius 1 is 1.12 bits per heavy atom. The molecule has 0 aliphatic carbocycles. The summed E-state index contributed by atoms with van der Waals surface area (Å²) in [5.41, 5.74) is 0.995. The maximum atomic E-state index is 13.1. The summed E-state index contributed by atoms with van der Waals surface area (Å²) in [5, 5.41) is 6.51. The Labute approximate surface area is 209 Å². The molecule has 0 spiro atoms. The fourth-order valence-corrected chi connectivity index (χ4v) is 3.69. The summed E-state index contributed by atoms with van der Waals surface area (Å²) in [4.78, 5) is 20.9. The van der Waals surface area contributed by atoms with Crippen LogP contribution in [-0.2, 0) is 9.53 Å². The molecule has 1 heterocycles. The summed E-state index contributed by atoms with van der Waals surface area (Å²) in [6.07, 6.45) is 1.56. The van der Waals surface area contributed by atoms with Gasteiger partial charge in [-0.1, -0.05) is 13.8 Å². The van der Waals surface area contributed by atoms with Crippen LogP contribution in [0.5, 0.6) is 0 Å². The summed E-state index contributed by atoms with van der Waals surface area (Å²) in [6.45, 7) is 11.2. The second-order valence-corrected chi connectivity index (χ2v) is 8.05.